The normalized spacial score (nSPS) is 18.2. The molecule has 1 aliphatic rings. The van der Waals surface area contributed by atoms with Crippen LogP contribution < -0.4 is 10.1 Å². The molecule has 114 valence electrons. The number of hydrogen-bond acceptors (Lipinski definition) is 4. The maximum Gasteiger partial charge on any atom is 0.335 e. The second kappa shape index (κ2) is 6.71. The van der Waals surface area contributed by atoms with Gasteiger partial charge in [0.1, 0.15) is 5.75 Å². The Kier molecular flexibility index (Phi) is 4.95. The van der Waals surface area contributed by atoms with Gasteiger partial charge < -0.3 is 20.1 Å². The maximum absolute atomic E-state index is 12.3. The first-order valence-corrected chi connectivity index (χ1v) is 7.65. The molecule has 2 amide bonds. The lowest BCUT2D eigenvalue weighted by molar-refractivity contribution is 0.0697. The Morgan fingerprint density at radius 3 is 2.86 bits per heavy atom. The second-order valence-electron chi connectivity index (χ2n) is 4.78. The Hall–Kier alpha value is -1.89. The van der Waals surface area contributed by atoms with Gasteiger partial charge in [-0.05, 0) is 18.2 Å². The number of methoxy groups -OCH3 is 1. The van der Waals surface area contributed by atoms with E-state index in [4.69, 9.17) is 9.84 Å². The first-order chi connectivity index (χ1) is 10.0. The molecule has 1 atom stereocenters. The van der Waals surface area contributed by atoms with Gasteiger partial charge in [0.15, 0.2) is 0 Å². The smallest absolute Gasteiger partial charge is 0.335 e. The zero-order valence-electron chi connectivity index (χ0n) is 12.0. The Bertz CT molecular complexity index is 550. The molecule has 1 aromatic rings. The standard InChI is InChI=1S/C14H18N2O4S/c1-9-8-16(5-6-21-9)14(19)15-11-7-10(13(17)18)3-4-12(11)20-2/h3-4,7,9H,5-6,8H2,1-2H3,(H,15,19)(H,17,18). The summed E-state index contributed by atoms with van der Waals surface area (Å²) in [4.78, 5) is 25.0. The maximum atomic E-state index is 12.3. The molecule has 1 heterocycles. The van der Waals surface area contributed by atoms with Gasteiger partial charge in [-0.15, -0.1) is 0 Å². The van der Waals surface area contributed by atoms with Crippen molar-refractivity contribution in [3.63, 3.8) is 0 Å². The number of carbonyl (C=O) groups is 2. The summed E-state index contributed by atoms with van der Waals surface area (Å²) in [5.41, 5.74) is 0.474. The summed E-state index contributed by atoms with van der Waals surface area (Å²) < 4.78 is 5.16. The minimum atomic E-state index is -1.05. The average Bonchev–Trinajstić information content (AvgIpc) is 2.47. The zero-order valence-corrected chi connectivity index (χ0v) is 12.8. The fourth-order valence-corrected chi connectivity index (χ4v) is 3.15. The third kappa shape index (κ3) is 3.81. The van der Waals surface area contributed by atoms with Crippen LogP contribution in [0, 0.1) is 0 Å². The van der Waals surface area contributed by atoms with Crippen LogP contribution in [0.1, 0.15) is 17.3 Å². The molecule has 0 spiro atoms. The average molecular weight is 310 g/mol. The van der Waals surface area contributed by atoms with Crippen molar-refractivity contribution in [2.45, 2.75) is 12.2 Å². The number of thioether (sulfide) groups is 1. The van der Waals surface area contributed by atoms with Crippen LogP contribution in [-0.4, -0.2) is 53.2 Å². The molecule has 0 saturated carbocycles. The van der Waals surface area contributed by atoms with E-state index in [-0.39, 0.29) is 11.6 Å². The zero-order chi connectivity index (χ0) is 15.4. The summed E-state index contributed by atoms with van der Waals surface area (Å²) in [7, 11) is 1.48. The summed E-state index contributed by atoms with van der Waals surface area (Å²) in [6, 6.07) is 4.15. The van der Waals surface area contributed by atoms with Crippen molar-refractivity contribution >= 4 is 29.4 Å². The molecule has 0 radical (unpaired) electrons. The number of urea groups is 1. The number of aromatic carboxylic acids is 1. The van der Waals surface area contributed by atoms with Crippen LogP contribution in [0.15, 0.2) is 18.2 Å². The van der Waals surface area contributed by atoms with Crippen LogP contribution in [-0.2, 0) is 0 Å². The van der Waals surface area contributed by atoms with Gasteiger partial charge in [-0.25, -0.2) is 9.59 Å². The lowest BCUT2D eigenvalue weighted by atomic mass is 10.2. The molecule has 2 N–H and O–H groups in total. The summed E-state index contributed by atoms with van der Waals surface area (Å²) >= 11 is 1.84. The van der Waals surface area contributed by atoms with Crippen LogP contribution in [0.3, 0.4) is 0 Å². The van der Waals surface area contributed by atoms with Crippen molar-refractivity contribution in [2.75, 3.05) is 31.3 Å². The largest absolute Gasteiger partial charge is 0.495 e. The quantitative estimate of drug-likeness (QED) is 0.896. The molecule has 21 heavy (non-hydrogen) atoms. The number of nitrogens with one attached hydrogen (secondary N) is 1. The lowest BCUT2D eigenvalue weighted by Crippen LogP contribution is -2.43. The third-order valence-electron chi connectivity index (χ3n) is 3.22. The molecule has 7 heteroatoms. The summed E-state index contributed by atoms with van der Waals surface area (Å²) in [6.45, 7) is 3.44. The molecular weight excluding hydrogens is 292 g/mol. The van der Waals surface area contributed by atoms with Crippen molar-refractivity contribution in [1.82, 2.24) is 4.90 Å². The van der Waals surface area contributed by atoms with E-state index in [1.807, 2.05) is 11.8 Å². The Morgan fingerprint density at radius 1 is 1.48 bits per heavy atom. The van der Waals surface area contributed by atoms with E-state index < -0.39 is 5.97 Å². The van der Waals surface area contributed by atoms with Gasteiger partial charge in [-0.2, -0.15) is 11.8 Å². The highest BCUT2D eigenvalue weighted by Crippen LogP contribution is 2.26. The molecule has 0 aliphatic carbocycles. The molecule has 1 unspecified atom stereocenters. The van der Waals surface area contributed by atoms with Gasteiger partial charge in [-0.3, -0.25) is 0 Å². The molecular formula is C14H18N2O4S. The number of carboxylic acid groups (broad SMARTS) is 1. The van der Waals surface area contributed by atoms with Crippen molar-refractivity contribution < 1.29 is 19.4 Å². The van der Waals surface area contributed by atoms with Crippen molar-refractivity contribution in [3.8, 4) is 5.75 Å². The van der Waals surface area contributed by atoms with Crippen LogP contribution >= 0.6 is 11.8 Å². The van der Waals surface area contributed by atoms with E-state index in [1.54, 1.807) is 4.90 Å². The number of amides is 2. The predicted octanol–water partition coefficient (Wildman–Crippen LogP) is 2.36. The highest BCUT2D eigenvalue weighted by Gasteiger charge is 2.22. The van der Waals surface area contributed by atoms with Crippen LogP contribution in [0.5, 0.6) is 5.75 Å². The number of ether oxygens (including phenoxy) is 1. The summed E-state index contributed by atoms with van der Waals surface area (Å²) in [5, 5.41) is 12.2. The highest BCUT2D eigenvalue weighted by molar-refractivity contribution is 7.99. The lowest BCUT2D eigenvalue weighted by Gasteiger charge is -2.30. The molecule has 1 aromatic carbocycles. The van der Waals surface area contributed by atoms with E-state index in [9.17, 15) is 9.59 Å². The van der Waals surface area contributed by atoms with Gasteiger partial charge in [-0.1, -0.05) is 6.92 Å². The topological polar surface area (TPSA) is 78.9 Å². The van der Waals surface area contributed by atoms with Gasteiger partial charge in [0.2, 0.25) is 0 Å². The van der Waals surface area contributed by atoms with Gasteiger partial charge in [0.05, 0.1) is 18.4 Å². The van der Waals surface area contributed by atoms with Crippen LogP contribution in [0.25, 0.3) is 0 Å². The van der Waals surface area contributed by atoms with E-state index in [1.165, 1.54) is 25.3 Å². The summed E-state index contributed by atoms with van der Waals surface area (Å²) in [6.07, 6.45) is 0. The first-order valence-electron chi connectivity index (χ1n) is 6.60. The van der Waals surface area contributed by atoms with Crippen molar-refractivity contribution in [1.29, 1.82) is 0 Å². The van der Waals surface area contributed by atoms with E-state index in [0.29, 0.717) is 29.8 Å². The Morgan fingerprint density at radius 2 is 2.24 bits per heavy atom. The minimum Gasteiger partial charge on any atom is -0.495 e. The van der Waals surface area contributed by atoms with Crippen molar-refractivity contribution in [2.24, 2.45) is 0 Å². The number of carboxylic acids is 1. The third-order valence-corrected chi connectivity index (χ3v) is 4.35. The number of nitrogens with zero attached hydrogens (tertiary/aromatic N) is 1. The van der Waals surface area contributed by atoms with E-state index >= 15 is 0 Å². The van der Waals surface area contributed by atoms with Crippen molar-refractivity contribution in [3.05, 3.63) is 23.8 Å². The molecule has 1 saturated heterocycles. The Balaban J connectivity index is 2.15. The highest BCUT2D eigenvalue weighted by atomic mass is 32.2. The number of carbonyl (C=O) groups excluding carboxylic acids is 1. The van der Waals surface area contributed by atoms with Gasteiger partial charge in [0, 0.05) is 24.1 Å². The molecule has 0 bridgehead atoms. The number of rotatable bonds is 3. The van der Waals surface area contributed by atoms with Gasteiger partial charge in [0.25, 0.3) is 0 Å². The number of anilines is 1. The predicted molar refractivity (Wildman–Crippen MR) is 82.5 cm³/mol. The first kappa shape index (κ1) is 15.5. The Labute approximate surface area is 127 Å². The molecule has 0 aromatic heterocycles. The van der Waals surface area contributed by atoms with Gasteiger partial charge >= 0.3 is 12.0 Å². The second-order valence-corrected chi connectivity index (χ2v) is 6.32. The SMILES string of the molecule is COc1ccc(C(=O)O)cc1NC(=O)N1CCSC(C)C1. The molecule has 2 rings (SSSR count). The fraction of sp³-hybridized carbons (Fsp3) is 0.429. The minimum absolute atomic E-state index is 0.105. The van der Waals surface area contributed by atoms with E-state index in [2.05, 4.69) is 12.2 Å². The molecule has 1 aliphatic heterocycles. The number of benzene rings is 1. The van der Waals surface area contributed by atoms with Crippen LogP contribution in [0.4, 0.5) is 10.5 Å². The summed E-state index contributed by atoms with van der Waals surface area (Å²) in [5.74, 6) is 0.296. The number of hydrogen-bond donors (Lipinski definition) is 2. The molecule has 1 fully saturated rings. The fourth-order valence-electron chi connectivity index (χ4n) is 2.14. The van der Waals surface area contributed by atoms with Crippen LogP contribution in [0.2, 0.25) is 0 Å². The van der Waals surface area contributed by atoms with E-state index in [0.717, 1.165) is 5.75 Å². The molecule has 6 nitrogen and oxygen atoms in total. The monoisotopic (exact) mass is 310 g/mol.